The van der Waals surface area contributed by atoms with E-state index in [1.165, 1.54) is 0 Å². The fourth-order valence-electron chi connectivity index (χ4n) is 6.31. The summed E-state index contributed by atoms with van der Waals surface area (Å²) in [5, 5.41) is 26.5. The van der Waals surface area contributed by atoms with Gasteiger partial charge in [-0.15, -0.1) is 0 Å². The number of hydrogen-bond donors (Lipinski definition) is 0. The van der Waals surface area contributed by atoms with Crippen LogP contribution in [0.25, 0.3) is 66.1 Å². The zero-order chi connectivity index (χ0) is 29.9. The van der Waals surface area contributed by atoms with E-state index in [-0.39, 0.29) is 21.2 Å². The summed E-state index contributed by atoms with van der Waals surface area (Å²) < 4.78 is 4.27. The Balaban J connectivity index is 1.18. The van der Waals surface area contributed by atoms with Crippen LogP contribution in [0, 0.1) is 20.2 Å². The van der Waals surface area contributed by atoms with Crippen molar-refractivity contribution in [3.63, 3.8) is 0 Å². The SMILES string of the molecule is O=[N+]([O-])c1ccc2c(c1)c1ccccc1n2-c1ccc(-c2ccc(-n3c4ccccc4c4cc([N+](=O)[O-])ccc43)cc2)cc1. The molecule has 210 valence electrons. The molecule has 0 fully saturated rings. The summed E-state index contributed by atoms with van der Waals surface area (Å²) in [6.07, 6.45) is 0. The van der Waals surface area contributed by atoms with Crippen LogP contribution < -0.4 is 0 Å². The first kappa shape index (κ1) is 25.4. The topological polar surface area (TPSA) is 96.1 Å². The Hall–Kier alpha value is -6.28. The van der Waals surface area contributed by atoms with Gasteiger partial charge in [-0.25, -0.2) is 0 Å². The Labute approximate surface area is 249 Å². The van der Waals surface area contributed by atoms with Crippen molar-refractivity contribution in [3.8, 4) is 22.5 Å². The summed E-state index contributed by atoms with van der Waals surface area (Å²) in [7, 11) is 0. The van der Waals surface area contributed by atoms with Crippen molar-refractivity contribution < 1.29 is 9.85 Å². The molecule has 0 N–H and O–H groups in total. The van der Waals surface area contributed by atoms with Crippen LogP contribution in [-0.4, -0.2) is 19.0 Å². The number of benzene rings is 6. The minimum absolute atomic E-state index is 0.0708. The first-order chi connectivity index (χ1) is 21.5. The van der Waals surface area contributed by atoms with E-state index in [0.29, 0.717) is 0 Å². The van der Waals surface area contributed by atoms with Gasteiger partial charge in [0.1, 0.15) is 0 Å². The molecule has 0 spiro atoms. The molecule has 6 aromatic carbocycles. The smallest absolute Gasteiger partial charge is 0.270 e. The molecule has 0 unspecified atom stereocenters. The van der Waals surface area contributed by atoms with Crippen molar-refractivity contribution in [1.82, 2.24) is 9.13 Å². The predicted molar refractivity (Wildman–Crippen MR) is 174 cm³/mol. The highest BCUT2D eigenvalue weighted by atomic mass is 16.6. The number of nitrogens with zero attached hydrogens (tertiary/aromatic N) is 4. The minimum atomic E-state index is -0.362. The van der Waals surface area contributed by atoms with Crippen LogP contribution in [0.2, 0.25) is 0 Å². The third-order valence-electron chi connectivity index (χ3n) is 8.32. The Morgan fingerprint density at radius 2 is 0.773 bits per heavy atom. The summed E-state index contributed by atoms with van der Waals surface area (Å²) in [4.78, 5) is 22.2. The zero-order valence-electron chi connectivity index (χ0n) is 23.1. The van der Waals surface area contributed by atoms with Gasteiger partial charge < -0.3 is 9.13 Å². The van der Waals surface area contributed by atoms with Gasteiger partial charge in [0.15, 0.2) is 0 Å². The van der Waals surface area contributed by atoms with E-state index in [1.807, 2.05) is 60.7 Å². The minimum Gasteiger partial charge on any atom is -0.309 e. The monoisotopic (exact) mass is 574 g/mol. The number of rotatable bonds is 5. The maximum atomic E-state index is 11.4. The summed E-state index contributed by atoms with van der Waals surface area (Å²) in [5.41, 5.74) is 7.95. The molecular formula is C36H22N4O4. The van der Waals surface area contributed by atoms with E-state index in [1.54, 1.807) is 24.3 Å². The Morgan fingerprint density at radius 3 is 1.16 bits per heavy atom. The molecule has 0 saturated carbocycles. The number of fused-ring (bicyclic) bond motifs is 6. The molecule has 0 atom stereocenters. The van der Waals surface area contributed by atoms with E-state index in [0.717, 1.165) is 66.1 Å². The Morgan fingerprint density at radius 1 is 0.409 bits per heavy atom. The molecule has 0 amide bonds. The summed E-state index contributed by atoms with van der Waals surface area (Å²) in [6.45, 7) is 0. The maximum Gasteiger partial charge on any atom is 0.270 e. The average Bonchev–Trinajstić information content (AvgIpc) is 3.57. The first-order valence-corrected chi connectivity index (χ1v) is 14.0. The maximum absolute atomic E-state index is 11.4. The molecule has 8 nitrogen and oxygen atoms in total. The fraction of sp³-hybridized carbons (Fsp3) is 0. The van der Waals surface area contributed by atoms with Crippen LogP contribution >= 0.6 is 0 Å². The van der Waals surface area contributed by atoms with Crippen LogP contribution in [-0.2, 0) is 0 Å². The largest absolute Gasteiger partial charge is 0.309 e. The molecule has 0 aliphatic carbocycles. The lowest BCUT2D eigenvalue weighted by Crippen LogP contribution is -1.95. The van der Waals surface area contributed by atoms with Crippen molar-refractivity contribution in [2.24, 2.45) is 0 Å². The highest BCUT2D eigenvalue weighted by Crippen LogP contribution is 2.36. The Bertz CT molecular complexity index is 2270. The molecule has 2 aromatic heterocycles. The standard InChI is InChI=1S/C36H22N4O4/c41-39(42)27-17-19-35-31(21-27)29-5-1-3-7-33(29)37(35)25-13-9-23(10-14-25)24-11-15-26(16-12-24)38-34-8-4-2-6-30(34)32-22-28(40(43)44)18-20-36(32)38/h1-22H. The van der Waals surface area contributed by atoms with Gasteiger partial charge in [0.05, 0.1) is 31.9 Å². The summed E-state index contributed by atoms with van der Waals surface area (Å²) in [5.74, 6) is 0. The number of para-hydroxylation sites is 2. The lowest BCUT2D eigenvalue weighted by molar-refractivity contribution is -0.384. The van der Waals surface area contributed by atoms with Crippen LogP contribution in [0.4, 0.5) is 11.4 Å². The first-order valence-electron chi connectivity index (χ1n) is 14.0. The molecule has 2 heterocycles. The quantitative estimate of drug-likeness (QED) is 0.151. The number of nitro benzene ring substituents is 2. The number of aromatic nitrogens is 2. The Kier molecular flexibility index (Phi) is 5.57. The fourth-order valence-corrected chi connectivity index (χ4v) is 6.31. The molecule has 0 aliphatic heterocycles. The molecule has 8 heteroatoms. The lowest BCUT2D eigenvalue weighted by Gasteiger charge is -2.11. The van der Waals surface area contributed by atoms with E-state index in [9.17, 15) is 20.2 Å². The van der Waals surface area contributed by atoms with Gasteiger partial charge in [-0.05, 0) is 59.7 Å². The molecule has 0 aliphatic rings. The van der Waals surface area contributed by atoms with Crippen molar-refractivity contribution in [1.29, 1.82) is 0 Å². The van der Waals surface area contributed by atoms with Crippen molar-refractivity contribution >= 4 is 55.0 Å². The second-order valence-electron chi connectivity index (χ2n) is 10.7. The van der Waals surface area contributed by atoms with E-state index >= 15 is 0 Å². The third kappa shape index (κ3) is 3.85. The van der Waals surface area contributed by atoms with Crippen LogP contribution in [0.1, 0.15) is 0 Å². The molecule has 0 radical (unpaired) electrons. The van der Waals surface area contributed by atoms with E-state index < -0.39 is 0 Å². The van der Waals surface area contributed by atoms with Gasteiger partial charge in [0.2, 0.25) is 0 Å². The van der Waals surface area contributed by atoms with Gasteiger partial charge >= 0.3 is 0 Å². The van der Waals surface area contributed by atoms with E-state index in [4.69, 9.17) is 0 Å². The highest BCUT2D eigenvalue weighted by molar-refractivity contribution is 6.11. The number of hydrogen-bond acceptors (Lipinski definition) is 4. The third-order valence-corrected chi connectivity index (χ3v) is 8.32. The van der Waals surface area contributed by atoms with Gasteiger partial charge in [-0.2, -0.15) is 0 Å². The highest BCUT2D eigenvalue weighted by Gasteiger charge is 2.17. The molecule has 8 rings (SSSR count). The normalized spacial score (nSPS) is 11.5. The number of nitro groups is 2. The van der Waals surface area contributed by atoms with Crippen molar-refractivity contribution in [2.75, 3.05) is 0 Å². The number of non-ortho nitro benzene ring substituents is 2. The summed E-state index contributed by atoms with van der Waals surface area (Å²) >= 11 is 0. The molecule has 0 saturated heterocycles. The molecule has 8 aromatic rings. The molecular weight excluding hydrogens is 552 g/mol. The van der Waals surface area contributed by atoms with Gasteiger partial charge in [0.25, 0.3) is 11.4 Å². The predicted octanol–water partition coefficient (Wildman–Crippen LogP) is 9.36. The molecule has 44 heavy (non-hydrogen) atoms. The lowest BCUT2D eigenvalue weighted by atomic mass is 10.0. The van der Waals surface area contributed by atoms with E-state index in [2.05, 4.69) is 57.7 Å². The zero-order valence-corrected chi connectivity index (χ0v) is 23.1. The average molecular weight is 575 g/mol. The van der Waals surface area contributed by atoms with Crippen LogP contribution in [0.3, 0.4) is 0 Å². The second-order valence-corrected chi connectivity index (χ2v) is 10.7. The van der Waals surface area contributed by atoms with Gasteiger partial charge in [0, 0.05) is 57.2 Å². The van der Waals surface area contributed by atoms with Gasteiger partial charge in [-0.1, -0.05) is 60.7 Å². The van der Waals surface area contributed by atoms with Crippen LogP contribution in [0.15, 0.2) is 133 Å². The van der Waals surface area contributed by atoms with Gasteiger partial charge in [-0.3, -0.25) is 20.2 Å². The van der Waals surface area contributed by atoms with Crippen molar-refractivity contribution in [3.05, 3.63) is 154 Å². The van der Waals surface area contributed by atoms with Crippen molar-refractivity contribution in [2.45, 2.75) is 0 Å². The van der Waals surface area contributed by atoms with Crippen LogP contribution in [0.5, 0.6) is 0 Å². The summed E-state index contributed by atoms with van der Waals surface area (Å²) in [6, 6.07) is 42.5. The second kappa shape index (κ2) is 9.64. The molecule has 0 bridgehead atoms.